The van der Waals surface area contributed by atoms with E-state index in [9.17, 15) is 18.4 Å². The van der Waals surface area contributed by atoms with Gasteiger partial charge in [0, 0.05) is 12.5 Å². The van der Waals surface area contributed by atoms with Crippen molar-refractivity contribution in [2.45, 2.75) is 19.0 Å². The molecule has 0 saturated heterocycles. The van der Waals surface area contributed by atoms with Gasteiger partial charge in [-0.2, -0.15) is 5.10 Å². The number of benzene rings is 3. The summed E-state index contributed by atoms with van der Waals surface area (Å²) in [5.41, 5.74) is 5.31. The second kappa shape index (κ2) is 9.07. The van der Waals surface area contributed by atoms with Crippen molar-refractivity contribution >= 4 is 0 Å². The summed E-state index contributed by atoms with van der Waals surface area (Å²) in [6.07, 6.45) is -0.166. The van der Waals surface area contributed by atoms with Gasteiger partial charge in [-0.15, -0.1) is 0 Å². The topological polar surface area (TPSA) is 82.9 Å². The van der Waals surface area contributed by atoms with Gasteiger partial charge >= 0.3 is 5.69 Å². The molecule has 1 unspecified atom stereocenters. The van der Waals surface area contributed by atoms with Crippen LogP contribution in [0.4, 0.5) is 8.78 Å². The Kier molecular flexibility index (Phi) is 6.04. The summed E-state index contributed by atoms with van der Waals surface area (Å²) in [7, 11) is 0. The first kappa shape index (κ1) is 21.3. The van der Waals surface area contributed by atoms with Gasteiger partial charge < -0.3 is 5.73 Å². The van der Waals surface area contributed by atoms with Crippen molar-refractivity contribution in [2.75, 3.05) is 0 Å². The Morgan fingerprint density at radius 3 is 2.16 bits per heavy atom. The van der Waals surface area contributed by atoms with Gasteiger partial charge in [0.05, 0.1) is 12.2 Å². The molecule has 6 nitrogen and oxygen atoms in total. The van der Waals surface area contributed by atoms with Crippen molar-refractivity contribution in [3.05, 3.63) is 128 Å². The van der Waals surface area contributed by atoms with E-state index in [0.29, 0.717) is 0 Å². The first-order valence-corrected chi connectivity index (χ1v) is 9.97. The summed E-state index contributed by atoms with van der Waals surface area (Å²) in [4.78, 5) is 26.3. The summed E-state index contributed by atoms with van der Waals surface area (Å²) in [5.74, 6) is -1.25. The molecule has 1 atom stereocenters. The van der Waals surface area contributed by atoms with E-state index in [1.54, 1.807) is 6.07 Å². The fraction of sp³-hybridized carbons (Fsp3) is 0.125. The molecule has 1 aromatic heterocycles. The summed E-state index contributed by atoms with van der Waals surface area (Å²) >= 11 is 0. The molecular formula is C24H20F2N4O2. The van der Waals surface area contributed by atoms with Crippen LogP contribution in [0.15, 0.2) is 88.5 Å². The maximum Gasteiger partial charge on any atom is 0.352 e. The molecule has 0 fully saturated rings. The first-order valence-electron chi connectivity index (χ1n) is 9.97. The van der Waals surface area contributed by atoms with Crippen LogP contribution in [0.5, 0.6) is 0 Å². The third-order valence-electron chi connectivity index (χ3n) is 5.11. The van der Waals surface area contributed by atoms with Gasteiger partial charge in [0.2, 0.25) is 0 Å². The van der Waals surface area contributed by atoms with Crippen molar-refractivity contribution in [2.24, 2.45) is 5.73 Å². The maximum atomic E-state index is 14.5. The predicted octanol–water partition coefficient (Wildman–Crippen LogP) is 2.96. The molecular weight excluding hydrogens is 414 g/mol. The third kappa shape index (κ3) is 4.26. The van der Waals surface area contributed by atoms with E-state index in [4.69, 9.17) is 5.73 Å². The van der Waals surface area contributed by atoms with Gasteiger partial charge in [0.25, 0.3) is 5.56 Å². The molecule has 0 amide bonds. The van der Waals surface area contributed by atoms with Crippen molar-refractivity contribution in [1.82, 2.24) is 14.3 Å². The van der Waals surface area contributed by atoms with Crippen LogP contribution in [0.25, 0.3) is 5.69 Å². The highest BCUT2D eigenvalue weighted by atomic mass is 19.1. The van der Waals surface area contributed by atoms with Gasteiger partial charge in [0.1, 0.15) is 17.3 Å². The van der Waals surface area contributed by atoms with Gasteiger partial charge in [-0.25, -0.2) is 22.8 Å². The molecule has 0 radical (unpaired) electrons. The van der Waals surface area contributed by atoms with Crippen LogP contribution in [0.1, 0.15) is 22.9 Å². The molecule has 0 aliphatic rings. The number of para-hydroxylation sites is 1. The molecule has 32 heavy (non-hydrogen) atoms. The minimum atomic E-state index is -0.830. The zero-order chi connectivity index (χ0) is 22.7. The van der Waals surface area contributed by atoms with Gasteiger partial charge in [0.15, 0.2) is 0 Å². The lowest BCUT2D eigenvalue weighted by atomic mass is 10.1. The third-order valence-corrected chi connectivity index (χ3v) is 5.11. The predicted molar refractivity (Wildman–Crippen MR) is 117 cm³/mol. The summed E-state index contributed by atoms with van der Waals surface area (Å²) in [6, 6.07) is 19.9. The highest BCUT2D eigenvalue weighted by Gasteiger charge is 2.20. The lowest BCUT2D eigenvalue weighted by Gasteiger charge is -2.16. The maximum absolute atomic E-state index is 14.5. The Morgan fingerprint density at radius 1 is 0.844 bits per heavy atom. The van der Waals surface area contributed by atoms with E-state index in [1.165, 1.54) is 36.4 Å². The Morgan fingerprint density at radius 2 is 1.47 bits per heavy atom. The molecule has 4 rings (SSSR count). The van der Waals surface area contributed by atoms with E-state index in [-0.39, 0.29) is 29.9 Å². The van der Waals surface area contributed by atoms with Crippen LogP contribution in [-0.2, 0) is 13.0 Å². The van der Waals surface area contributed by atoms with E-state index < -0.39 is 28.9 Å². The Balaban J connectivity index is 1.87. The number of nitrogens with two attached hydrogens (primary N) is 1. The van der Waals surface area contributed by atoms with Gasteiger partial charge in [-0.3, -0.25) is 4.79 Å². The summed E-state index contributed by atoms with van der Waals surface area (Å²) < 4.78 is 30.5. The number of hydrogen-bond acceptors (Lipinski definition) is 4. The molecule has 1 heterocycles. The molecule has 2 N–H and O–H groups in total. The molecule has 3 aromatic carbocycles. The average Bonchev–Trinajstić information content (AvgIpc) is 2.80. The Bertz CT molecular complexity index is 1370. The highest BCUT2D eigenvalue weighted by Crippen LogP contribution is 2.14. The molecule has 0 bridgehead atoms. The number of halogens is 2. The van der Waals surface area contributed by atoms with Crippen molar-refractivity contribution in [1.29, 1.82) is 0 Å². The van der Waals surface area contributed by atoms with Crippen LogP contribution in [0.2, 0.25) is 0 Å². The lowest BCUT2D eigenvalue weighted by Crippen LogP contribution is -2.44. The number of hydrogen-bond donors (Lipinski definition) is 1. The molecule has 4 aromatic rings. The molecule has 8 heteroatoms. The zero-order valence-corrected chi connectivity index (χ0v) is 17.0. The number of rotatable bonds is 6. The van der Waals surface area contributed by atoms with E-state index in [0.717, 1.165) is 20.9 Å². The van der Waals surface area contributed by atoms with E-state index >= 15 is 0 Å². The fourth-order valence-electron chi connectivity index (χ4n) is 3.45. The van der Waals surface area contributed by atoms with Crippen LogP contribution >= 0.6 is 0 Å². The molecule has 0 aliphatic heterocycles. The zero-order valence-electron chi connectivity index (χ0n) is 17.0. The van der Waals surface area contributed by atoms with Crippen LogP contribution in [0, 0.1) is 11.6 Å². The van der Waals surface area contributed by atoms with E-state index in [1.807, 2.05) is 30.3 Å². The van der Waals surface area contributed by atoms with Crippen molar-refractivity contribution in [3.63, 3.8) is 0 Å². The molecule has 162 valence electrons. The lowest BCUT2D eigenvalue weighted by molar-refractivity contribution is 0.466. The summed E-state index contributed by atoms with van der Waals surface area (Å²) in [6.45, 7) is -0.0537. The van der Waals surface area contributed by atoms with Crippen LogP contribution in [-0.4, -0.2) is 14.3 Å². The largest absolute Gasteiger partial charge is 0.352 e. The monoisotopic (exact) mass is 434 g/mol. The normalized spacial score (nSPS) is 12.0. The minimum Gasteiger partial charge on any atom is -0.322 e. The summed E-state index contributed by atoms with van der Waals surface area (Å²) in [5, 5.41) is 4.19. The Hall–Kier alpha value is -3.91. The average molecular weight is 434 g/mol. The van der Waals surface area contributed by atoms with Crippen molar-refractivity contribution in [3.8, 4) is 5.69 Å². The van der Waals surface area contributed by atoms with Gasteiger partial charge in [-0.05, 0) is 29.3 Å². The van der Waals surface area contributed by atoms with Gasteiger partial charge in [-0.1, -0.05) is 60.7 Å². The van der Waals surface area contributed by atoms with Crippen LogP contribution < -0.4 is 17.0 Å². The smallest absolute Gasteiger partial charge is 0.322 e. The first-order chi connectivity index (χ1) is 15.5. The second-order valence-corrected chi connectivity index (χ2v) is 7.29. The standard InChI is InChI=1S/C24H20F2N4O2/c25-18-11-5-4-10-17(18)14-21-23(31)30(22-13-7-6-12-19(22)26)24(32)29(28-21)15-20(27)16-8-2-1-3-9-16/h1-13,20H,14-15,27H2. The number of nitrogens with zero attached hydrogens (tertiary/aromatic N) is 3. The van der Waals surface area contributed by atoms with Crippen molar-refractivity contribution < 1.29 is 8.78 Å². The quantitative estimate of drug-likeness (QED) is 0.506. The molecule has 0 aliphatic carbocycles. The molecule has 0 spiro atoms. The minimum absolute atomic E-state index is 0.0537. The van der Waals surface area contributed by atoms with E-state index in [2.05, 4.69) is 5.10 Å². The van der Waals surface area contributed by atoms with Crippen LogP contribution in [0.3, 0.4) is 0 Å². The Labute approximate surface area is 182 Å². The second-order valence-electron chi connectivity index (χ2n) is 7.29. The SMILES string of the molecule is NC(Cn1nc(Cc2ccccc2F)c(=O)n(-c2ccccc2F)c1=O)c1ccccc1. The molecule has 0 saturated carbocycles. The number of aromatic nitrogens is 3. The fourth-order valence-corrected chi connectivity index (χ4v) is 3.45. The highest BCUT2D eigenvalue weighted by molar-refractivity contribution is 5.34.